The van der Waals surface area contributed by atoms with E-state index in [1.807, 2.05) is 30.3 Å². The van der Waals surface area contributed by atoms with Gasteiger partial charge in [0.2, 0.25) is 0 Å². The zero-order valence-electron chi connectivity index (χ0n) is 6.77. The molecule has 0 heterocycles. The molecule has 1 rings (SSSR count). The number of benzene rings is 1. The second kappa shape index (κ2) is 4.54. The van der Waals surface area contributed by atoms with E-state index >= 15 is 0 Å². The Morgan fingerprint density at radius 2 is 2.08 bits per heavy atom. The first-order valence-electron chi connectivity index (χ1n) is 3.78. The smallest absolute Gasteiger partial charge is 0.293 e. The van der Waals surface area contributed by atoms with Crippen LogP contribution in [0.25, 0.3) is 0 Å². The van der Waals surface area contributed by atoms with Gasteiger partial charge in [-0.1, -0.05) is 30.3 Å². The minimum absolute atomic E-state index is 0.0244. The molecule has 0 saturated carbocycles. The summed E-state index contributed by atoms with van der Waals surface area (Å²) in [5.74, 6) is 0.0244. The van der Waals surface area contributed by atoms with Crippen LogP contribution < -0.4 is 0 Å². The van der Waals surface area contributed by atoms with Gasteiger partial charge in [-0.2, -0.15) is 0 Å². The first kappa shape index (κ1) is 8.78. The summed E-state index contributed by atoms with van der Waals surface area (Å²) in [7, 11) is 0. The number of carbonyl (C=O) groups excluding carboxylic acids is 1. The molecule has 0 fully saturated rings. The van der Waals surface area contributed by atoms with Crippen molar-refractivity contribution in [3.05, 3.63) is 42.8 Å². The zero-order valence-corrected chi connectivity index (χ0v) is 6.77. The zero-order chi connectivity index (χ0) is 8.81. The molecule has 2 heteroatoms. The van der Waals surface area contributed by atoms with Crippen LogP contribution >= 0.6 is 0 Å². The molecule has 0 amide bonds. The van der Waals surface area contributed by atoms with Gasteiger partial charge in [-0.25, -0.2) is 0 Å². The van der Waals surface area contributed by atoms with E-state index < -0.39 is 0 Å². The van der Waals surface area contributed by atoms with E-state index in [0.29, 0.717) is 13.1 Å². The van der Waals surface area contributed by atoms with Crippen molar-refractivity contribution >= 4 is 6.47 Å². The summed E-state index contributed by atoms with van der Waals surface area (Å²) >= 11 is 0. The van der Waals surface area contributed by atoms with Gasteiger partial charge in [-0.15, -0.1) is 0 Å². The molecule has 0 spiro atoms. The van der Waals surface area contributed by atoms with Gasteiger partial charge >= 0.3 is 0 Å². The molecule has 1 aromatic rings. The Labute approximate surface area is 72.2 Å². The van der Waals surface area contributed by atoms with Crippen LogP contribution in [0.1, 0.15) is 11.5 Å². The standard InChI is InChI=1S/C10H11O2/c1-9(7-12-8-11)10-5-3-2-4-6-10/h2-6,8-9H,1,7H2/t9-/m0/s1. The third-order valence-corrected chi connectivity index (χ3v) is 1.64. The second-order valence-corrected chi connectivity index (χ2v) is 2.54. The van der Waals surface area contributed by atoms with Crippen molar-refractivity contribution in [3.8, 4) is 0 Å². The second-order valence-electron chi connectivity index (χ2n) is 2.54. The van der Waals surface area contributed by atoms with Crippen LogP contribution in [-0.2, 0) is 9.53 Å². The van der Waals surface area contributed by atoms with Gasteiger partial charge < -0.3 is 4.74 Å². The first-order valence-corrected chi connectivity index (χ1v) is 3.78. The monoisotopic (exact) mass is 163 g/mol. The molecular formula is C10H11O2. The van der Waals surface area contributed by atoms with Gasteiger partial charge in [0.1, 0.15) is 0 Å². The molecule has 0 unspecified atom stereocenters. The molecule has 12 heavy (non-hydrogen) atoms. The number of hydrogen-bond acceptors (Lipinski definition) is 2. The fraction of sp³-hybridized carbons (Fsp3) is 0.200. The molecule has 0 N–H and O–H groups in total. The Balaban J connectivity index is 2.53. The Morgan fingerprint density at radius 3 is 2.67 bits per heavy atom. The van der Waals surface area contributed by atoms with E-state index in [1.54, 1.807) is 0 Å². The third-order valence-electron chi connectivity index (χ3n) is 1.64. The van der Waals surface area contributed by atoms with E-state index in [4.69, 9.17) is 0 Å². The summed E-state index contributed by atoms with van der Waals surface area (Å²) in [4.78, 5) is 9.89. The molecule has 1 radical (unpaired) electrons. The SMILES string of the molecule is [CH2][C@@H](COC=O)c1ccccc1. The minimum Gasteiger partial charge on any atom is -0.467 e. The van der Waals surface area contributed by atoms with Crippen molar-refractivity contribution < 1.29 is 9.53 Å². The molecule has 1 atom stereocenters. The highest BCUT2D eigenvalue weighted by Gasteiger charge is 2.03. The molecule has 0 bridgehead atoms. The largest absolute Gasteiger partial charge is 0.467 e. The van der Waals surface area contributed by atoms with Crippen LogP contribution in [0.4, 0.5) is 0 Å². The highest BCUT2D eigenvalue weighted by molar-refractivity contribution is 5.37. The maximum atomic E-state index is 9.89. The van der Waals surface area contributed by atoms with Crippen molar-refractivity contribution in [1.82, 2.24) is 0 Å². The number of ether oxygens (including phenoxy) is 1. The molecule has 0 aromatic heterocycles. The van der Waals surface area contributed by atoms with Gasteiger partial charge in [0.15, 0.2) is 0 Å². The van der Waals surface area contributed by atoms with Crippen LogP contribution in [0.15, 0.2) is 30.3 Å². The number of hydrogen-bond donors (Lipinski definition) is 0. The Hall–Kier alpha value is -1.31. The van der Waals surface area contributed by atoms with E-state index in [-0.39, 0.29) is 5.92 Å². The third kappa shape index (κ3) is 2.38. The molecular weight excluding hydrogens is 152 g/mol. The summed E-state index contributed by atoms with van der Waals surface area (Å²) < 4.78 is 4.61. The first-order chi connectivity index (χ1) is 5.84. The van der Waals surface area contributed by atoms with Crippen LogP contribution in [0.5, 0.6) is 0 Å². The Kier molecular flexibility index (Phi) is 3.33. The van der Waals surface area contributed by atoms with Crippen LogP contribution in [0.2, 0.25) is 0 Å². The topological polar surface area (TPSA) is 26.3 Å². The summed E-state index contributed by atoms with van der Waals surface area (Å²) in [6.07, 6.45) is 0. The molecule has 63 valence electrons. The van der Waals surface area contributed by atoms with Crippen molar-refractivity contribution in [3.63, 3.8) is 0 Å². The highest BCUT2D eigenvalue weighted by atomic mass is 16.5. The van der Waals surface area contributed by atoms with E-state index in [1.165, 1.54) is 0 Å². The fourth-order valence-corrected chi connectivity index (χ4v) is 0.977. The molecule has 0 aliphatic heterocycles. The number of carbonyl (C=O) groups is 1. The van der Waals surface area contributed by atoms with Gasteiger partial charge in [0.25, 0.3) is 6.47 Å². The lowest BCUT2D eigenvalue weighted by molar-refractivity contribution is -0.128. The summed E-state index contributed by atoms with van der Waals surface area (Å²) in [5.41, 5.74) is 1.08. The van der Waals surface area contributed by atoms with Gasteiger partial charge in [0.05, 0.1) is 6.61 Å². The van der Waals surface area contributed by atoms with Crippen molar-refractivity contribution in [1.29, 1.82) is 0 Å². The molecule has 1 aromatic carbocycles. The van der Waals surface area contributed by atoms with Crippen LogP contribution in [-0.4, -0.2) is 13.1 Å². The summed E-state index contributed by atoms with van der Waals surface area (Å²) in [5, 5.41) is 0. The molecule has 0 saturated heterocycles. The maximum absolute atomic E-state index is 9.89. The average molecular weight is 163 g/mol. The lowest BCUT2D eigenvalue weighted by atomic mass is 10.0. The van der Waals surface area contributed by atoms with Crippen LogP contribution in [0, 0.1) is 6.92 Å². The quantitative estimate of drug-likeness (QED) is 0.632. The minimum atomic E-state index is 0.0244. The summed E-state index contributed by atoms with van der Waals surface area (Å²) in [6.45, 7) is 4.65. The lowest BCUT2D eigenvalue weighted by Crippen LogP contribution is -2.02. The summed E-state index contributed by atoms with van der Waals surface area (Å²) in [6, 6.07) is 9.75. The average Bonchev–Trinajstić information content (AvgIpc) is 2.15. The molecule has 2 nitrogen and oxygen atoms in total. The number of rotatable bonds is 4. The van der Waals surface area contributed by atoms with Crippen LogP contribution in [0.3, 0.4) is 0 Å². The molecule has 0 aliphatic rings. The highest BCUT2D eigenvalue weighted by Crippen LogP contribution is 2.13. The van der Waals surface area contributed by atoms with Crippen molar-refractivity contribution in [2.75, 3.05) is 6.61 Å². The predicted molar refractivity (Wildman–Crippen MR) is 46.6 cm³/mol. The van der Waals surface area contributed by atoms with Gasteiger partial charge in [-0.3, -0.25) is 4.79 Å². The van der Waals surface area contributed by atoms with E-state index in [0.717, 1.165) is 5.56 Å². The van der Waals surface area contributed by atoms with Gasteiger partial charge in [-0.05, 0) is 12.5 Å². The van der Waals surface area contributed by atoms with Crippen molar-refractivity contribution in [2.45, 2.75) is 5.92 Å². The van der Waals surface area contributed by atoms with Crippen molar-refractivity contribution in [2.24, 2.45) is 0 Å². The Bertz CT molecular complexity index is 231. The van der Waals surface area contributed by atoms with Gasteiger partial charge in [0, 0.05) is 5.92 Å². The molecule has 0 aliphatic carbocycles. The Morgan fingerprint density at radius 1 is 1.42 bits per heavy atom. The fourth-order valence-electron chi connectivity index (χ4n) is 0.977. The van der Waals surface area contributed by atoms with E-state index in [2.05, 4.69) is 11.7 Å². The predicted octanol–water partition coefficient (Wildman–Crippen LogP) is 1.78. The van der Waals surface area contributed by atoms with E-state index in [9.17, 15) is 4.79 Å². The normalized spacial score (nSPS) is 12.1. The lowest BCUT2D eigenvalue weighted by Gasteiger charge is -2.08. The maximum Gasteiger partial charge on any atom is 0.293 e.